The fourth-order valence-electron chi connectivity index (χ4n) is 3.37. The Morgan fingerprint density at radius 2 is 1.72 bits per heavy atom. The van der Waals surface area contributed by atoms with E-state index in [2.05, 4.69) is 10.1 Å². The Balaban J connectivity index is 1.43. The molecule has 0 bridgehead atoms. The normalized spacial score (nSPS) is 15.0. The van der Waals surface area contributed by atoms with Crippen LogP contribution in [0.4, 0.5) is 4.39 Å². The zero-order valence-corrected chi connectivity index (χ0v) is 17.3. The molecular formula is C20H15Cl3FN3O2. The fraction of sp³-hybridized carbons (Fsp3) is 0.250. The minimum Gasteiger partial charge on any atom is -0.339 e. The van der Waals surface area contributed by atoms with Crippen molar-refractivity contribution in [1.29, 1.82) is 0 Å². The molecule has 1 fully saturated rings. The Morgan fingerprint density at radius 1 is 1.03 bits per heavy atom. The highest BCUT2D eigenvalue weighted by molar-refractivity contribution is 6.35. The Kier molecular flexibility index (Phi) is 5.76. The third-order valence-electron chi connectivity index (χ3n) is 4.85. The van der Waals surface area contributed by atoms with E-state index in [1.54, 1.807) is 29.2 Å². The van der Waals surface area contributed by atoms with Crippen molar-refractivity contribution in [3.63, 3.8) is 0 Å². The maximum atomic E-state index is 14.1. The summed E-state index contributed by atoms with van der Waals surface area (Å²) in [5.41, 5.74) is 0.689. The van der Waals surface area contributed by atoms with Gasteiger partial charge in [-0.2, -0.15) is 4.98 Å². The van der Waals surface area contributed by atoms with E-state index >= 15 is 0 Å². The van der Waals surface area contributed by atoms with Crippen molar-refractivity contribution in [2.75, 3.05) is 13.1 Å². The van der Waals surface area contributed by atoms with E-state index in [0.29, 0.717) is 52.5 Å². The number of nitrogens with zero attached hydrogens (tertiary/aromatic N) is 3. The van der Waals surface area contributed by atoms with E-state index in [0.717, 1.165) is 0 Å². The molecule has 0 spiro atoms. The molecule has 2 aromatic carbocycles. The van der Waals surface area contributed by atoms with Crippen LogP contribution in [0, 0.1) is 5.82 Å². The predicted octanol–water partition coefficient (Wildman–Crippen LogP) is 5.86. The number of piperidine rings is 1. The highest BCUT2D eigenvalue weighted by Gasteiger charge is 2.28. The van der Waals surface area contributed by atoms with E-state index < -0.39 is 5.82 Å². The first-order valence-corrected chi connectivity index (χ1v) is 10.1. The van der Waals surface area contributed by atoms with E-state index in [1.165, 1.54) is 12.1 Å². The van der Waals surface area contributed by atoms with Gasteiger partial charge in [0.15, 0.2) is 0 Å². The molecule has 0 radical (unpaired) electrons. The number of hydrogen-bond acceptors (Lipinski definition) is 4. The zero-order valence-electron chi connectivity index (χ0n) is 15.0. The molecule has 9 heteroatoms. The fourth-order valence-corrected chi connectivity index (χ4v) is 4.06. The van der Waals surface area contributed by atoms with E-state index in [1.807, 2.05) is 0 Å². The molecule has 1 aromatic heterocycles. The molecule has 0 saturated carbocycles. The van der Waals surface area contributed by atoms with E-state index in [9.17, 15) is 9.18 Å². The third kappa shape index (κ3) is 4.39. The summed E-state index contributed by atoms with van der Waals surface area (Å²) < 4.78 is 19.4. The minimum atomic E-state index is -0.509. The van der Waals surface area contributed by atoms with Crippen LogP contribution in [-0.2, 0) is 0 Å². The van der Waals surface area contributed by atoms with Crippen LogP contribution < -0.4 is 0 Å². The van der Waals surface area contributed by atoms with Gasteiger partial charge >= 0.3 is 0 Å². The monoisotopic (exact) mass is 453 g/mol. The van der Waals surface area contributed by atoms with Gasteiger partial charge in [-0.25, -0.2) is 4.39 Å². The van der Waals surface area contributed by atoms with Crippen LogP contribution in [0.25, 0.3) is 11.4 Å². The minimum absolute atomic E-state index is 0.00129. The maximum Gasteiger partial charge on any atom is 0.253 e. The highest BCUT2D eigenvalue weighted by Crippen LogP contribution is 2.31. The summed E-state index contributed by atoms with van der Waals surface area (Å²) in [6.07, 6.45) is 1.32. The molecule has 1 aliphatic heterocycles. The van der Waals surface area contributed by atoms with Gasteiger partial charge in [0.25, 0.3) is 5.91 Å². The first-order chi connectivity index (χ1) is 13.9. The van der Waals surface area contributed by atoms with Gasteiger partial charge in [-0.1, -0.05) is 40.0 Å². The average molecular weight is 455 g/mol. The van der Waals surface area contributed by atoms with Crippen LogP contribution in [0.1, 0.15) is 35.0 Å². The molecule has 1 amide bonds. The van der Waals surface area contributed by atoms with Crippen molar-refractivity contribution in [2.45, 2.75) is 18.8 Å². The van der Waals surface area contributed by atoms with E-state index in [-0.39, 0.29) is 23.2 Å². The molecule has 0 unspecified atom stereocenters. The van der Waals surface area contributed by atoms with Gasteiger partial charge in [0.1, 0.15) is 5.82 Å². The van der Waals surface area contributed by atoms with Crippen LogP contribution in [0.15, 0.2) is 40.9 Å². The van der Waals surface area contributed by atoms with Crippen LogP contribution in [0.3, 0.4) is 0 Å². The van der Waals surface area contributed by atoms with Gasteiger partial charge in [0.2, 0.25) is 11.7 Å². The van der Waals surface area contributed by atoms with Gasteiger partial charge in [-0.3, -0.25) is 4.79 Å². The number of benzene rings is 2. The van der Waals surface area contributed by atoms with Gasteiger partial charge in [0, 0.05) is 39.6 Å². The lowest BCUT2D eigenvalue weighted by molar-refractivity contribution is 0.0704. The quantitative estimate of drug-likeness (QED) is 0.498. The van der Waals surface area contributed by atoms with E-state index in [4.69, 9.17) is 39.3 Å². The first-order valence-electron chi connectivity index (χ1n) is 8.95. The van der Waals surface area contributed by atoms with Gasteiger partial charge < -0.3 is 9.42 Å². The molecule has 29 heavy (non-hydrogen) atoms. The predicted molar refractivity (Wildman–Crippen MR) is 109 cm³/mol. The SMILES string of the molecule is O=C(c1cc(Cl)cc(Cl)c1)N1CCC(c2nc(-c3ccc(Cl)cc3F)no2)CC1. The molecule has 1 aliphatic rings. The lowest BCUT2D eigenvalue weighted by Gasteiger charge is -2.30. The highest BCUT2D eigenvalue weighted by atomic mass is 35.5. The van der Waals surface area contributed by atoms with Crippen LogP contribution in [0.5, 0.6) is 0 Å². The van der Waals surface area contributed by atoms with Crippen molar-refractivity contribution in [3.05, 3.63) is 68.7 Å². The second-order valence-corrected chi connectivity index (χ2v) is 8.11. The maximum absolute atomic E-state index is 14.1. The second kappa shape index (κ2) is 8.30. The lowest BCUT2D eigenvalue weighted by atomic mass is 9.96. The number of hydrogen-bond donors (Lipinski definition) is 0. The van der Waals surface area contributed by atoms with Crippen molar-refractivity contribution in [2.24, 2.45) is 0 Å². The third-order valence-corrected chi connectivity index (χ3v) is 5.53. The summed E-state index contributed by atoms with van der Waals surface area (Å²) in [7, 11) is 0. The zero-order chi connectivity index (χ0) is 20.5. The van der Waals surface area contributed by atoms with Crippen molar-refractivity contribution >= 4 is 40.7 Å². The Labute approximate surface area is 181 Å². The first kappa shape index (κ1) is 20.1. The lowest BCUT2D eigenvalue weighted by Crippen LogP contribution is -2.38. The summed E-state index contributed by atoms with van der Waals surface area (Å²) in [4.78, 5) is 18.8. The number of amides is 1. The molecule has 2 heterocycles. The van der Waals surface area contributed by atoms with Crippen LogP contribution in [-0.4, -0.2) is 34.0 Å². The molecular weight excluding hydrogens is 440 g/mol. The molecule has 4 rings (SSSR count). The largest absolute Gasteiger partial charge is 0.339 e. The molecule has 3 aromatic rings. The Bertz CT molecular complexity index is 1040. The molecule has 150 valence electrons. The molecule has 5 nitrogen and oxygen atoms in total. The Morgan fingerprint density at radius 3 is 2.38 bits per heavy atom. The standard InChI is InChI=1S/C20H15Cl3FN3O2/c21-13-1-2-16(17(24)10-13)18-25-19(29-26-18)11-3-5-27(6-4-11)20(28)12-7-14(22)9-15(23)8-12/h1-2,7-11H,3-6H2. The van der Waals surface area contributed by atoms with Gasteiger partial charge in [0.05, 0.1) is 5.56 Å². The van der Waals surface area contributed by atoms with Crippen molar-refractivity contribution in [1.82, 2.24) is 15.0 Å². The Hall–Kier alpha value is -2.15. The number of halogens is 4. The van der Waals surface area contributed by atoms with Crippen LogP contribution >= 0.6 is 34.8 Å². The van der Waals surface area contributed by atoms with Crippen molar-refractivity contribution < 1.29 is 13.7 Å². The molecule has 0 atom stereocenters. The van der Waals surface area contributed by atoms with Gasteiger partial charge in [-0.05, 0) is 49.2 Å². The molecule has 1 saturated heterocycles. The number of carbonyl (C=O) groups is 1. The molecule has 0 aliphatic carbocycles. The number of aromatic nitrogens is 2. The van der Waals surface area contributed by atoms with Gasteiger partial charge in [-0.15, -0.1) is 0 Å². The summed E-state index contributed by atoms with van der Waals surface area (Å²) >= 11 is 17.8. The smallest absolute Gasteiger partial charge is 0.253 e. The summed E-state index contributed by atoms with van der Waals surface area (Å²) in [6.45, 7) is 1.06. The number of rotatable bonds is 3. The number of likely N-dealkylation sites (tertiary alicyclic amines) is 1. The summed E-state index contributed by atoms with van der Waals surface area (Å²) in [5.74, 6) is -0.0140. The van der Waals surface area contributed by atoms with Crippen LogP contribution in [0.2, 0.25) is 15.1 Å². The summed E-state index contributed by atoms with van der Waals surface area (Å²) in [6, 6.07) is 9.09. The summed E-state index contributed by atoms with van der Waals surface area (Å²) in [5, 5.41) is 5.03. The topological polar surface area (TPSA) is 59.2 Å². The average Bonchev–Trinajstić information content (AvgIpc) is 3.16. The second-order valence-electron chi connectivity index (χ2n) is 6.80. The number of carbonyl (C=O) groups excluding carboxylic acids is 1. The molecule has 0 N–H and O–H groups in total. The van der Waals surface area contributed by atoms with Crippen molar-refractivity contribution in [3.8, 4) is 11.4 Å².